The first-order valence-electron chi connectivity index (χ1n) is 20.8. The van der Waals surface area contributed by atoms with Gasteiger partial charge >= 0.3 is 0 Å². The smallest absolute Gasteiger partial charge is 0.238 e. The van der Waals surface area contributed by atoms with Crippen LogP contribution in [0.25, 0.3) is 100 Å². The number of hydrogen-bond acceptors (Lipinski definition) is 4. The minimum Gasteiger partial charge on any atom is -0.509 e. The largest absolute Gasteiger partial charge is 0.509 e. The third-order valence-corrected chi connectivity index (χ3v) is 12.6. The summed E-state index contributed by atoms with van der Waals surface area (Å²) in [5, 5.41) is 16.0. The Balaban J connectivity index is 1.34. The Labute approximate surface area is 361 Å². The van der Waals surface area contributed by atoms with Crippen molar-refractivity contribution >= 4 is 96.8 Å². The number of halogens is 1. The van der Waals surface area contributed by atoms with Gasteiger partial charge in [0.05, 0.1) is 27.8 Å². The number of phenolic OH excluding ortho intramolecular Hbond substituents is 1. The lowest BCUT2D eigenvalue weighted by atomic mass is 9.64. The first-order valence-corrected chi connectivity index (χ1v) is 20.8. The van der Waals surface area contributed by atoms with Gasteiger partial charge in [-0.3, -0.25) is 4.57 Å². The molecule has 0 bridgehead atoms. The van der Waals surface area contributed by atoms with E-state index in [1.807, 2.05) is 64.2 Å². The molecule has 11 aromatic rings. The van der Waals surface area contributed by atoms with E-state index in [1.54, 1.807) is 6.07 Å². The Morgan fingerprint density at radius 1 is 0.435 bits per heavy atom. The molecule has 0 spiro atoms. The van der Waals surface area contributed by atoms with Crippen molar-refractivity contribution in [3.05, 3.63) is 170 Å². The standard InChI is InChI=1S/C51H36B4FN5O/c52-42-41(43(53)48(62)45(55)44(42)54)40-32(28-13-3-1-4-14-28)21-12-24-39(40)60-37-22-9-7-19-33(37)35-25-26-36-34-20-8-10-23-38(34)61(47(36)46(35)60)51-58-49(29-15-5-2-6-16-29)57-50(59-51)30-17-11-18-31(56)27-30/h1-27,62H,52-55H2. The van der Waals surface area contributed by atoms with Gasteiger partial charge in [0.1, 0.15) is 43.0 Å². The van der Waals surface area contributed by atoms with Gasteiger partial charge in [-0.25, -0.2) is 9.37 Å². The molecule has 0 radical (unpaired) electrons. The van der Waals surface area contributed by atoms with Crippen molar-refractivity contribution in [2.75, 3.05) is 0 Å². The number of benzene rings is 8. The van der Waals surface area contributed by atoms with Crippen molar-refractivity contribution in [3.8, 4) is 62.4 Å². The maximum atomic E-state index is 14.9. The van der Waals surface area contributed by atoms with E-state index >= 15 is 0 Å². The highest BCUT2D eigenvalue weighted by atomic mass is 19.1. The van der Waals surface area contributed by atoms with Crippen LogP contribution in [0.5, 0.6) is 5.75 Å². The van der Waals surface area contributed by atoms with Gasteiger partial charge in [0.15, 0.2) is 11.6 Å². The van der Waals surface area contributed by atoms with Gasteiger partial charge in [0, 0.05) is 38.2 Å². The number of phenols is 1. The molecular formula is C51H36B4FN5O. The fourth-order valence-electron chi connectivity index (χ4n) is 9.45. The molecule has 6 nitrogen and oxygen atoms in total. The van der Waals surface area contributed by atoms with E-state index in [0.717, 1.165) is 99.0 Å². The van der Waals surface area contributed by atoms with Gasteiger partial charge in [0.25, 0.3) is 0 Å². The van der Waals surface area contributed by atoms with Crippen molar-refractivity contribution in [2.24, 2.45) is 0 Å². The molecule has 0 amide bonds. The predicted octanol–water partition coefficient (Wildman–Crippen LogP) is 5.61. The first-order chi connectivity index (χ1) is 30.3. The molecule has 0 fully saturated rings. The number of aromatic hydroxyl groups is 1. The van der Waals surface area contributed by atoms with Crippen LogP contribution < -0.4 is 21.9 Å². The van der Waals surface area contributed by atoms with Crippen LogP contribution in [0.3, 0.4) is 0 Å². The summed E-state index contributed by atoms with van der Waals surface area (Å²) in [4.78, 5) is 15.4. The molecule has 8 aromatic carbocycles. The van der Waals surface area contributed by atoms with Crippen LogP contribution in [-0.2, 0) is 0 Å². The highest BCUT2D eigenvalue weighted by molar-refractivity contribution is 6.62. The molecule has 290 valence electrons. The van der Waals surface area contributed by atoms with Crippen LogP contribution in [0.1, 0.15) is 0 Å². The van der Waals surface area contributed by atoms with Crippen LogP contribution in [0, 0.1) is 5.82 Å². The average molecular weight is 797 g/mol. The van der Waals surface area contributed by atoms with Gasteiger partial charge in [-0.1, -0.05) is 150 Å². The van der Waals surface area contributed by atoms with Gasteiger partial charge in [0.2, 0.25) is 5.95 Å². The zero-order chi connectivity index (χ0) is 42.2. The van der Waals surface area contributed by atoms with Crippen molar-refractivity contribution < 1.29 is 9.50 Å². The van der Waals surface area contributed by atoms with Gasteiger partial charge in [-0.15, -0.1) is 0 Å². The van der Waals surface area contributed by atoms with E-state index in [2.05, 4.69) is 122 Å². The second-order valence-electron chi connectivity index (χ2n) is 16.0. The molecule has 3 heterocycles. The molecule has 11 rings (SSSR count). The fraction of sp³-hybridized carbons (Fsp3) is 0. The summed E-state index contributed by atoms with van der Waals surface area (Å²) >= 11 is 0. The van der Waals surface area contributed by atoms with Crippen LogP contribution in [0.2, 0.25) is 0 Å². The van der Waals surface area contributed by atoms with E-state index in [-0.39, 0.29) is 5.82 Å². The van der Waals surface area contributed by atoms with E-state index in [1.165, 1.54) is 12.1 Å². The summed E-state index contributed by atoms with van der Waals surface area (Å²) in [7, 11) is 8.28. The van der Waals surface area contributed by atoms with Crippen LogP contribution in [0.4, 0.5) is 4.39 Å². The Hall–Kier alpha value is -7.64. The van der Waals surface area contributed by atoms with Crippen molar-refractivity contribution in [2.45, 2.75) is 0 Å². The van der Waals surface area contributed by atoms with Crippen LogP contribution in [0.15, 0.2) is 164 Å². The molecule has 11 heteroatoms. The summed E-state index contributed by atoms with van der Waals surface area (Å²) in [6, 6.07) is 54.6. The summed E-state index contributed by atoms with van der Waals surface area (Å²) in [6.07, 6.45) is 0. The number of fused-ring (bicyclic) bond motifs is 7. The van der Waals surface area contributed by atoms with E-state index in [9.17, 15) is 9.50 Å². The molecule has 62 heavy (non-hydrogen) atoms. The molecule has 0 aliphatic rings. The van der Waals surface area contributed by atoms with E-state index in [4.69, 9.17) is 15.0 Å². The lowest BCUT2D eigenvalue weighted by Gasteiger charge is -2.24. The fourth-order valence-corrected chi connectivity index (χ4v) is 9.45. The lowest BCUT2D eigenvalue weighted by molar-refractivity contribution is 0.484. The normalized spacial score (nSPS) is 11.6. The lowest BCUT2D eigenvalue weighted by Crippen LogP contribution is -2.44. The summed E-state index contributed by atoms with van der Waals surface area (Å²) in [6.45, 7) is 0. The second kappa shape index (κ2) is 14.5. The number of aromatic nitrogens is 5. The minimum absolute atomic E-state index is 0.305. The zero-order valence-electron chi connectivity index (χ0n) is 34.6. The Bertz CT molecular complexity index is 3580. The molecule has 3 aromatic heterocycles. The van der Waals surface area contributed by atoms with Gasteiger partial charge in [-0.2, -0.15) is 9.97 Å². The Kier molecular flexibility index (Phi) is 8.75. The molecular weight excluding hydrogens is 761 g/mol. The van der Waals surface area contributed by atoms with Crippen LogP contribution >= 0.6 is 0 Å². The monoisotopic (exact) mass is 797 g/mol. The highest BCUT2D eigenvalue weighted by Gasteiger charge is 2.27. The van der Waals surface area contributed by atoms with Crippen molar-refractivity contribution in [3.63, 3.8) is 0 Å². The number of hydrogen-bond donors (Lipinski definition) is 1. The Morgan fingerprint density at radius 3 is 1.65 bits per heavy atom. The number of para-hydroxylation sites is 2. The summed E-state index contributed by atoms with van der Waals surface area (Å²) < 4.78 is 19.4. The number of rotatable bonds is 6. The summed E-state index contributed by atoms with van der Waals surface area (Å²) in [5.74, 6) is 1.19. The van der Waals surface area contributed by atoms with E-state index < -0.39 is 0 Å². The quantitative estimate of drug-likeness (QED) is 0.223. The molecule has 0 aliphatic carbocycles. The maximum Gasteiger partial charge on any atom is 0.238 e. The molecule has 1 N–H and O–H groups in total. The third kappa shape index (κ3) is 5.72. The second-order valence-corrected chi connectivity index (χ2v) is 16.0. The molecule has 0 atom stereocenters. The highest BCUT2D eigenvalue weighted by Crippen LogP contribution is 2.44. The topological polar surface area (TPSA) is 68.8 Å². The zero-order valence-corrected chi connectivity index (χ0v) is 34.6. The van der Waals surface area contributed by atoms with Crippen molar-refractivity contribution in [1.29, 1.82) is 0 Å². The van der Waals surface area contributed by atoms with E-state index in [0.29, 0.717) is 28.9 Å². The predicted molar refractivity (Wildman–Crippen MR) is 265 cm³/mol. The summed E-state index contributed by atoms with van der Waals surface area (Å²) in [5.41, 5.74) is 14.2. The van der Waals surface area contributed by atoms with Gasteiger partial charge in [-0.05, 0) is 52.5 Å². The Morgan fingerprint density at radius 2 is 0.984 bits per heavy atom. The number of nitrogens with zero attached hydrogens (tertiary/aromatic N) is 5. The average Bonchev–Trinajstić information content (AvgIpc) is 3.84. The maximum absolute atomic E-state index is 14.9. The molecule has 0 unspecified atom stereocenters. The SMILES string of the molecule is Bc1c(B)c(O)c(B)c(-c2c(-c3ccccc3)cccc2-n2c3ccccc3c3ccc4c5ccccc5n(-c5nc(-c6ccccc6)nc(-c6cccc(F)c6)n5)c4c32)c1B. The van der Waals surface area contributed by atoms with Crippen LogP contribution in [-0.4, -0.2) is 60.6 Å². The molecule has 0 aliphatic heterocycles. The van der Waals surface area contributed by atoms with Crippen molar-refractivity contribution in [1.82, 2.24) is 24.1 Å². The molecule has 0 saturated carbocycles. The minimum atomic E-state index is -0.370. The van der Waals surface area contributed by atoms with Gasteiger partial charge < -0.3 is 9.67 Å². The first kappa shape index (κ1) is 37.4. The molecule has 0 saturated heterocycles. The third-order valence-electron chi connectivity index (χ3n) is 12.6.